The quantitative estimate of drug-likeness (QED) is 0.329. The number of carboxylic acids is 1. The van der Waals surface area contributed by atoms with Crippen molar-refractivity contribution in [3.05, 3.63) is 83.1 Å². The monoisotopic (exact) mass is 491 g/mol. The number of hydrogen-bond donors (Lipinski definition) is 1. The number of allylic oxidation sites excluding steroid dienone is 2. The van der Waals surface area contributed by atoms with Crippen molar-refractivity contribution >= 4 is 28.3 Å². The summed E-state index contributed by atoms with van der Waals surface area (Å²) >= 11 is 0. The van der Waals surface area contributed by atoms with Gasteiger partial charge in [-0.15, -0.1) is 0 Å². The molecule has 186 valence electrons. The van der Waals surface area contributed by atoms with E-state index in [1.807, 2.05) is 12.1 Å². The van der Waals surface area contributed by atoms with Gasteiger partial charge in [-0.05, 0) is 85.9 Å². The number of anilines is 1. The molecule has 1 saturated carbocycles. The molecule has 0 unspecified atom stereocenters. The highest BCUT2D eigenvalue weighted by atomic mass is 16.5. The summed E-state index contributed by atoms with van der Waals surface area (Å²) in [5.74, 6) is 1.65. The van der Waals surface area contributed by atoms with Crippen LogP contribution in [0.25, 0.3) is 27.7 Å². The summed E-state index contributed by atoms with van der Waals surface area (Å²) in [4.78, 5) is 18.5. The highest BCUT2D eigenvalue weighted by molar-refractivity contribution is 5.93. The summed E-state index contributed by atoms with van der Waals surface area (Å²) in [7, 11) is 0. The first-order chi connectivity index (χ1) is 18.0. The molecule has 37 heavy (non-hydrogen) atoms. The normalized spacial score (nSPS) is 18.6. The fraction of sp³-hybridized carbons (Fsp3) is 0.323. The summed E-state index contributed by atoms with van der Waals surface area (Å²) < 4.78 is 5.95. The van der Waals surface area contributed by atoms with Gasteiger partial charge in [-0.1, -0.05) is 35.5 Å². The molecule has 4 aromatic rings. The summed E-state index contributed by atoms with van der Waals surface area (Å²) in [5.41, 5.74) is 7.40. The number of carbonyl (C=O) groups is 1. The molecule has 2 aromatic carbocycles. The van der Waals surface area contributed by atoms with Crippen molar-refractivity contribution in [3.63, 3.8) is 0 Å². The molecular weight excluding hydrogens is 462 g/mol. The van der Waals surface area contributed by atoms with Crippen molar-refractivity contribution in [2.24, 2.45) is 5.41 Å². The van der Waals surface area contributed by atoms with E-state index in [9.17, 15) is 9.90 Å². The number of fused-ring (bicyclic) bond motifs is 1. The Balaban J connectivity index is 1.12. The fourth-order valence-corrected chi connectivity index (χ4v) is 6.07. The second-order valence-electron chi connectivity index (χ2n) is 10.9. The Morgan fingerprint density at radius 1 is 1.08 bits per heavy atom. The van der Waals surface area contributed by atoms with Gasteiger partial charge < -0.3 is 14.5 Å². The molecule has 3 aliphatic rings. The topological polar surface area (TPSA) is 79.5 Å². The molecule has 2 aliphatic carbocycles. The fourth-order valence-electron chi connectivity index (χ4n) is 6.07. The van der Waals surface area contributed by atoms with Crippen molar-refractivity contribution in [3.8, 4) is 11.3 Å². The zero-order valence-electron chi connectivity index (χ0n) is 20.9. The molecule has 1 spiro atoms. The Morgan fingerprint density at radius 2 is 1.86 bits per heavy atom. The van der Waals surface area contributed by atoms with Crippen LogP contribution in [0.4, 0.5) is 5.82 Å². The number of rotatable bonds is 5. The Morgan fingerprint density at radius 3 is 2.59 bits per heavy atom. The van der Waals surface area contributed by atoms with Crippen LogP contribution in [-0.2, 0) is 0 Å². The van der Waals surface area contributed by atoms with Gasteiger partial charge in [0.05, 0.1) is 11.1 Å². The minimum atomic E-state index is -0.915. The Kier molecular flexibility index (Phi) is 5.00. The standard InChI is InChI=1S/C31H29N3O3/c1-19-4-2-3-5-24(19)28-27(29(37-33-28)20-6-7-20)23-17-31(18-23)12-14-34(15-13-31)26-11-9-21-16-22(30(35)36)8-10-25(21)32-26/h2-5,8-11,16-17,20H,6-7,12-15,18H2,1H3,(H,35,36). The van der Waals surface area contributed by atoms with Gasteiger partial charge in [-0.2, -0.15) is 0 Å². The second-order valence-corrected chi connectivity index (χ2v) is 10.9. The van der Waals surface area contributed by atoms with Gasteiger partial charge in [0.15, 0.2) is 0 Å². The van der Waals surface area contributed by atoms with E-state index in [-0.39, 0.29) is 11.0 Å². The van der Waals surface area contributed by atoms with Crippen molar-refractivity contribution in [2.45, 2.75) is 44.9 Å². The van der Waals surface area contributed by atoms with E-state index in [0.29, 0.717) is 5.92 Å². The molecule has 0 bridgehead atoms. The number of nitrogens with zero attached hydrogens (tertiary/aromatic N) is 3. The predicted molar refractivity (Wildman–Crippen MR) is 144 cm³/mol. The zero-order valence-corrected chi connectivity index (χ0v) is 20.9. The molecular formula is C31H29N3O3. The first-order valence-electron chi connectivity index (χ1n) is 13.2. The lowest BCUT2D eigenvalue weighted by atomic mass is 9.63. The number of benzene rings is 2. The average Bonchev–Trinajstić information content (AvgIpc) is 3.65. The van der Waals surface area contributed by atoms with Crippen LogP contribution >= 0.6 is 0 Å². The lowest BCUT2D eigenvalue weighted by Gasteiger charge is -2.46. The van der Waals surface area contributed by atoms with Gasteiger partial charge in [0.2, 0.25) is 0 Å². The molecule has 0 atom stereocenters. The molecule has 2 fully saturated rings. The smallest absolute Gasteiger partial charge is 0.335 e. The van der Waals surface area contributed by atoms with Crippen LogP contribution in [0.5, 0.6) is 0 Å². The van der Waals surface area contributed by atoms with Crippen molar-refractivity contribution in [1.29, 1.82) is 0 Å². The van der Waals surface area contributed by atoms with Gasteiger partial charge in [0, 0.05) is 35.5 Å². The number of aromatic carboxylic acids is 1. The number of piperidine rings is 1. The van der Waals surface area contributed by atoms with E-state index in [0.717, 1.165) is 60.5 Å². The summed E-state index contributed by atoms with van der Waals surface area (Å²) in [6, 6.07) is 17.6. The van der Waals surface area contributed by atoms with E-state index >= 15 is 0 Å². The van der Waals surface area contributed by atoms with Gasteiger partial charge >= 0.3 is 5.97 Å². The SMILES string of the molecule is Cc1ccccc1-c1noc(C2CC2)c1C1=CC2(CCN(c3ccc4cc(C(=O)O)ccc4n3)CC2)C1. The van der Waals surface area contributed by atoms with Gasteiger partial charge in [-0.25, -0.2) is 9.78 Å². The molecule has 2 aromatic heterocycles. The van der Waals surface area contributed by atoms with Gasteiger partial charge in [0.25, 0.3) is 0 Å². The van der Waals surface area contributed by atoms with Crippen molar-refractivity contribution in [2.75, 3.05) is 18.0 Å². The first-order valence-corrected chi connectivity index (χ1v) is 13.2. The molecule has 6 heteroatoms. The van der Waals surface area contributed by atoms with E-state index in [2.05, 4.69) is 47.3 Å². The van der Waals surface area contributed by atoms with Gasteiger partial charge in [-0.3, -0.25) is 0 Å². The van der Waals surface area contributed by atoms with Crippen LogP contribution in [0, 0.1) is 12.3 Å². The van der Waals surface area contributed by atoms with Crippen molar-refractivity contribution in [1.82, 2.24) is 10.1 Å². The second kappa shape index (κ2) is 8.30. The van der Waals surface area contributed by atoms with E-state index < -0.39 is 5.97 Å². The molecule has 0 amide bonds. The Hall–Kier alpha value is -3.93. The molecule has 6 nitrogen and oxygen atoms in total. The van der Waals surface area contributed by atoms with Crippen LogP contribution < -0.4 is 4.90 Å². The number of hydrogen-bond acceptors (Lipinski definition) is 5. The van der Waals surface area contributed by atoms with E-state index in [1.165, 1.54) is 35.1 Å². The first kappa shape index (κ1) is 22.3. The highest BCUT2D eigenvalue weighted by Crippen LogP contribution is 2.55. The minimum Gasteiger partial charge on any atom is -0.478 e. The minimum absolute atomic E-state index is 0.236. The molecule has 1 saturated heterocycles. The third kappa shape index (κ3) is 3.82. The Bertz CT molecular complexity index is 1570. The lowest BCUT2D eigenvalue weighted by Crippen LogP contribution is -2.42. The number of carboxylic acid groups (broad SMARTS) is 1. The van der Waals surface area contributed by atoms with E-state index in [4.69, 9.17) is 9.51 Å². The summed E-state index contributed by atoms with van der Waals surface area (Å²) in [6.45, 7) is 4.06. The summed E-state index contributed by atoms with van der Waals surface area (Å²) in [6.07, 6.45) is 8.16. The van der Waals surface area contributed by atoms with Crippen LogP contribution in [-0.4, -0.2) is 34.3 Å². The third-order valence-corrected chi connectivity index (χ3v) is 8.42. The zero-order chi connectivity index (χ0) is 25.1. The summed E-state index contributed by atoms with van der Waals surface area (Å²) in [5, 5.41) is 14.7. The molecule has 7 rings (SSSR count). The number of aromatic nitrogens is 2. The van der Waals surface area contributed by atoms with Crippen molar-refractivity contribution < 1.29 is 14.4 Å². The maximum atomic E-state index is 11.3. The highest BCUT2D eigenvalue weighted by Gasteiger charge is 2.44. The van der Waals surface area contributed by atoms with Crippen LogP contribution in [0.1, 0.15) is 65.3 Å². The number of pyridine rings is 1. The largest absolute Gasteiger partial charge is 0.478 e. The molecule has 3 heterocycles. The van der Waals surface area contributed by atoms with Gasteiger partial charge in [0.1, 0.15) is 17.3 Å². The van der Waals surface area contributed by atoms with Crippen LogP contribution in [0.15, 0.2) is 65.2 Å². The maximum absolute atomic E-state index is 11.3. The Labute approximate surface area is 215 Å². The van der Waals surface area contributed by atoms with Crippen LogP contribution in [0.2, 0.25) is 0 Å². The lowest BCUT2D eigenvalue weighted by molar-refractivity contribution is 0.0697. The third-order valence-electron chi connectivity index (χ3n) is 8.42. The van der Waals surface area contributed by atoms with E-state index in [1.54, 1.807) is 18.2 Å². The molecule has 1 N–H and O–H groups in total. The van der Waals surface area contributed by atoms with Crippen LogP contribution in [0.3, 0.4) is 0 Å². The predicted octanol–water partition coefficient (Wildman–Crippen LogP) is 6.85. The maximum Gasteiger partial charge on any atom is 0.335 e. The number of aryl methyl sites for hydroxylation is 1. The average molecular weight is 492 g/mol. The molecule has 1 aliphatic heterocycles. The molecule has 0 radical (unpaired) electrons.